The van der Waals surface area contributed by atoms with E-state index in [2.05, 4.69) is 10.3 Å². The molecule has 0 radical (unpaired) electrons. The number of amides is 1. The van der Waals surface area contributed by atoms with E-state index in [0.29, 0.717) is 10.0 Å². The summed E-state index contributed by atoms with van der Waals surface area (Å²) in [7, 11) is 0. The summed E-state index contributed by atoms with van der Waals surface area (Å²) in [6.07, 6.45) is -2.39. The van der Waals surface area contributed by atoms with Gasteiger partial charge in [-0.1, -0.05) is 23.2 Å². The molecule has 1 aromatic heterocycles. The highest BCUT2D eigenvalue weighted by molar-refractivity contribution is 6.31. The molecule has 1 aliphatic rings. The largest absolute Gasteiger partial charge is 0.459 e. The van der Waals surface area contributed by atoms with Gasteiger partial charge in [-0.3, -0.25) is 9.36 Å². The minimum atomic E-state index is -1.30. The normalized spacial score (nSPS) is 18.6. The van der Waals surface area contributed by atoms with Crippen LogP contribution >= 0.6 is 23.2 Å². The van der Waals surface area contributed by atoms with E-state index >= 15 is 0 Å². The van der Waals surface area contributed by atoms with Crippen molar-refractivity contribution in [1.82, 2.24) is 9.55 Å². The van der Waals surface area contributed by atoms with Crippen LogP contribution in [0.15, 0.2) is 59.5 Å². The van der Waals surface area contributed by atoms with Gasteiger partial charge in [-0.2, -0.15) is 4.98 Å². The first-order chi connectivity index (χ1) is 18.1. The van der Waals surface area contributed by atoms with Gasteiger partial charge in [0.1, 0.15) is 12.7 Å². The minimum absolute atomic E-state index is 0.0133. The van der Waals surface area contributed by atoms with Crippen molar-refractivity contribution < 1.29 is 33.0 Å². The number of benzene rings is 2. The summed E-state index contributed by atoms with van der Waals surface area (Å²) < 4.78 is 32.2. The molecule has 0 saturated carbocycles. The highest BCUT2D eigenvalue weighted by Gasteiger charge is 2.41. The van der Waals surface area contributed by atoms with Crippen molar-refractivity contribution in [1.29, 1.82) is 0 Å². The molecule has 2 aromatic carbocycles. The summed E-state index contributed by atoms with van der Waals surface area (Å²) in [4.78, 5) is 52.7. The Morgan fingerprint density at radius 3 is 2.21 bits per heavy atom. The topological polar surface area (TPSA) is 126 Å². The van der Waals surface area contributed by atoms with Gasteiger partial charge in [0.25, 0.3) is 0 Å². The highest BCUT2D eigenvalue weighted by Crippen LogP contribution is 2.32. The zero-order valence-electron chi connectivity index (χ0n) is 19.7. The quantitative estimate of drug-likeness (QED) is 0.427. The molecule has 1 aliphatic heterocycles. The molecule has 3 aromatic rings. The number of hydrogen-bond donors (Lipinski definition) is 1. The summed E-state index contributed by atoms with van der Waals surface area (Å²) in [5.41, 5.74) is -0.527. The smallest absolute Gasteiger partial charge is 0.351 e. The Hall–Kier alpha value is -3.80. The predicted molar refractivity (Wildman–Crippen MR) is 134 cm³/mol. The second-order valence-corrected chi connectivity index (χ2v) is 9.12. The van der Waals surface area contributed by atoms with Crippen molar-refractivity contribution in [2.45, 2.75) is 31.8 Å². The number of nitrogens with zero attached hydrogens (tertiary/aromatic N) is 2. The number of ether oxygens (including phenoxy) is 3. The number of aromatic nitrogens is 2. The van der Waals surface area contributed by atoms with Crippen molar-refractivity contribution in [3.8, 4) is 0 Å². The number of halogens is 3. The summed E-state index contributed by atoms with van der Waals surface area (Å²) in [5, 5.41) is 2.98. The maximum atomic E-state index is 14.6. The van der Waals surface area contributed by atoms with E-state index in [0.717, 1.165) is 17.7 Å². The number of carbonyl (C=O) groups is 3. The van der Waals surface area contributed by atoms with E-state index in [1.165, 1.54) is 48.5 Å². The minimum Gasteiger partial charge on any atom is -0.459 e. The lowest BCUT2D eigenvalue weighted by Gasteiger charge is -2.21. The van der Waals surface area contributed by atoms with Gasteiger partial charge in [0.05, 0.1) is 23.4 Å². The fraction of sp³-hybridized carbons (Fsp3) is 0.240. The van der Waals surface area contributed by atoms with Crippen molar-refractivity contribution in [3.63, 3.8) is 0 Å². The molecule has 10 nitrogen and oxygen atoms in total. The maximum Gasteiger partial charge on any atom is 0.351 e. The maximum absolute atomic E-state index is 14.6. The Morgan fingerprint density at radius 2 is 1.63 bits per heavy atom. The van der Waals surface area contributed by atoms with E-state index in [9.17, 15) is 23.6 Å². The Kier molecular flexibility index (Phi) is 8.40. The van der Waals surface area contributed by atoms with Crippen LogP contribution in [0.25, 0.3) is 0 Å². The molecule has 1 amide bonds. The van der Waals surface area contributed by atoms with Crippen LogP contribution in [0, 0.1) is 5.82 Å². The van der Waals surface area contributed by atoms with E-state index in [4.69, 9.17) is 37.4 Å². The third-order valence-corrected chi connectivity index (χ3v) is 5.94. The lowest BCUT2D eigenvalue weighted by Crippen LogP contribution is -2.35. The Balaban J connectivity index is 1.55. The second kappa shape index (κ2) is 11.7. The molecule has 1 saturated heterocycles. The number of carbonyl (C=O) groups excluding carboxylic acids is 3. The van der Waals surface area contributed by atoms with Crippen LogP contribution in [0.3, 0.4) is 0 Å². The first kappa shape index (κ1) is 27.2. The molecule has 38 heavy (non-hydrogen) atoms. The average Bonchev–Trinajstić information content (AvgIpc) is 3.27. The van der Waals surface area contributed by atoms with E-state index < -0.39 is 53.6 Å². The van der Waals surface area contributed by atoms with Crippen LogP contribution in [0.1, 0.15) is 40.3 Å². The third kappa shape index (κ3) is 6.55. The van der Waals surface area contributed by atoms with Crippen molar-refractivity contribution >= 4 is 46.9 Å². The molecule has 2 heterocycles. The van der Waals surface area contributed by atoms with Crippen LogP contribution in [-0.2, 0) is 19.0 Å². The molecule has 0 spiro atoms. The van der Waals surface area contributed by atoms with Crippen molar-refractivity contribution in [2.24, 2.45) is 0 Å². The van der Waals surface area contributed by atoms with E-state index in [-0.39, 0.29) is 24.2 Å². The molecular formula is C25H20Cl2FN3O7. The van der Waals surface area contributed by atoms with Crippen LogP contribution < -0.4 is 11.0 Å². The van der Waals surface area contributed by atoms with Crippen molar-refractivity contribution in [2.75, 3.05) is 11.9 Å². The first-order valence-corrected chi connectivity index (χ1v) is 12.0. The molecule has 3 atom stereocenters. The van der Waals surface area contributed by atoms with E-state index in [1.54, 1.807) is 0 Å². The molecule has 4 rings (SSSR count). The van der Waals surface area contributed by atoms with Gasteiger partial charge in [0.15, 0.2) is 17.9 Å². The monoisotopic (exact) mass is 563 g/mol. The number of hydrogen-bond acceptors (Lipinski definition) is 8. The van der Waals surface area contributed by atoms with Gasteiger partial charge >= 0.3 is 17.6 Å². The van der Waals surface area contributed by atoms with Crippen LogP contribution in [-0.4, -0.2) is 46.2 Å². The lowest BCUT2D eigenvalue weighted by atomic mass is 10.2. The van der Waals surface area contributed by atoms with Gasteiger partial charge in [0, 0.05) is 23.4 Å². The zero-order chi connectivity index (χ0) is 27.4. The fourth-order valence-electron chi connectivity index (χ4n) is 3.69. The third-order valence-electron chi connectivity index (χ3n) is 5.44. The van der Waals surface area contributed by atoms with Gasteiger partial charge in [-0.15, -0.1) is 0 Å². The Labute approximate surface area is 225 Å². The van der Waals surface area contributed by atoms with E-state index in [1.807, 2.05) is 0 Å². The van der Waals surface area contributed by atoms with Crippen LogP contribution in [0.2, 0.25) is 10.0 Å². The van der Waals surface area contributed by atoms with Gasteiger partial charge in [0.2, 0.25) is 5.91 Å². The standard InChI is InChI=1S/C25H20Cl2FN3O7/c1-13(32)29-21-19(28)11-31(25(35)30-21)22-20(38-24(34)15-4-8-17(27)9-5-15)10-18(37-22)12-36-23(33)14-2-6-16(26)7-3-14/h2-9,11,18,20,22H,10,12H2,1H3,(H,29,30,32,35)/t18-,20+,22+/m0/s1. The highest BCUT2D eigenvalue weighted by atomic mass is 35.5. The van der Waals surface area contributed by atoms with Crippen LogP contribution in [0.4, 0.5) is 10.2 Å². The number of esters is 2. The SMILES string of the molecule is CC(=O)Nc1nc(=O)n([C@@H]2O[C@H](COC(=O)c3ccc(Cl)cc3)C[C@H]2OC(=O)c2ccc(Cl)cc2)cc1F. The second-order valence-electron chi connectivity index (χ2n) is 8.25. The molecule has 0 unspecified atom stereocenters. The number of rotatable bonds is 7. The lowest BCUT2D eigenvalue weighted by molar-refractivity contribution is -0.114. The van der Waals surface area contributed by atoms with Gasteiger partial charge in [-0.25, -0.2) is 18.8 Å². The molecule has 0 aliphatic carbocycles. The number of nitrogens with one attached hydrogen (secondary N) is 1. The molecule has 198 valence electrons. The summed E-state index contributed by atoms with van der Waals surface area (Å²) in [6, 6.07) is 12.0. The fourth-order valence-corrected chi connectivity index (χ4v) is 3.94. The molecule has 1 fully saturated rings. The Morgan fingerprint density at radius 1 is 1.05 bits per heavy atom. The molecular weight excluding hydrogens is 544 g/mol. The van der Waals surface area contributed by atoms with Crippen molar-refractivity contribution in [3.05, 3.63) is 92.2 Å². The summed E-state index contributed by atoms with van der Waals surface area (Å²) in [6.45, 7) is 0.885. The summed E-state index contributed by atoms with van der Waals surface area (Å²) in [5.74, 6) is -3.57. The van der Waals surface area contributed by atoms with Gasteiger partial charge < -0.3 is 19.5 Å². The number of anilines is 1. The van der Waals surface area contributed by atoms with Gasteiger partial charge in [-0.05, 0) is 48.5 Å². The molecule has 0 bridgehead atoms. The average molecular weight is 564 g/mol. The summed E-state index contributed by atoms with van der Waals surface area (Å²) >= 11 is 11.7. The Bertz CT molecular complexity index is 1410. The van der Waals surface area contributed by atoms with Crippen LogP contribution in [0.5, 0.6) is 0 Å². The zero-order valence-corrected chi connectivity index (χ0v) is 21.2. The molecule has 1 N–H and O–H groups in total. The first-order valence-electron chi connectivity index (χ1n) is 11.2. The molecule has 13 heteroatoms. The predicted octanol–water partition coefficient (Wildman–Crippen LogP) is 4.02.